The minimum atomic E-state index is 0.849. The topological polar surface area (TPSA) is 21.3 Å². The lowest BCUT2D eigenvalue weighted by atomic mass is 10.0. The van der Waals surface area contributed by atoms with Crippen LogP contribution in [0.4, 0.5) is 0 Å². The molecule has 2 atom stereocenters. The quantitative estimate of drug-likeness (QED) is 0.654. The van der Waals surface area contributed by atoms with Crippen LogP contribution >= 0.6 is 0 Å². The molecule has 2 nitrogen and oxygen atoms in total. The third kappa shape index (κ3) is 2.23. The number of methoxy groups -OCH3 is 1. The van der Waals surface area contributed by atoms with Crippen LogP contribution in [0.1, 0.15) is 25.7 Å². The minimum Gasteiger partial charge on any atom is -0.383 e. The molecule has 2 fully saturated rings. The van der Waals surface area contributed by atoms with Gasteiger partial charge in [0.15, 0.2) is 0 Å². The predicted octanol–water partition coefficient (Wildman–Crippen LogP) is 1.66. The van der Waals surface area contributed by atoms with Crippen molar-refractivity contribution in [3.05, 3.63) is 0 Å². The van der Waals surface area contributed by atoms with Gasteiger partial charge < -0.3 is 10.1 Å². The number of hydrogen-bond acceptors (Lipinski definition) is 2. The number of nitrogens with one attached hydrogen (secondary N) is 1. The van der Waals surface area contributed by atoms with Crippen LogP contribution < -0.4 is 5.32 Å². The average Bonchev–Trinajstić information content (AvgIpc) is 2.87. The van der Waals surface area contributed by atoms with Crippen molar-refractivity contribution in [1.29, 1.82) is 0 Å². The molecule has 0 aromatic carbocycles. The fourth-order valence-electron chi connectivity index (χ4n) is 2.89. The molecular formula is C11H21NO. The molecule has 0 aromatic rings. The monoisotopic (exact) mass is 183 g/mol. The maximum absolute atomic E-state index is 5.00. The van der Waals surface area contributed by atoms with Gasteiger partial charge in [-0.3, -0.25) is 0 Å². The summed E-state index contributed by atoms with van der Waals surface area (Å²) in [5.41, 5.74) is 0. The second-order valence-electron chi connectivity index (χ2n) is 4.47. The van der Waals surface area contributed by atoms with E-state index in [0.29, 0.717) is 0 Å². The van der Waals surface area contributed by atoms with Gasteiger partial charge in [0.05, 0.1) is 6.61 Å². The van der Waals surface area contributed by atoms with Gasteiger partial charge in [0.25, 0.3) is 0 Å². The van der Waals surface area contributed by atoms with Gasteiger partial charge >= 0.3 is 0 Å². The molecular weight excluding hydrogens is 162 g/mol. The van der Waals surface area contributed by atoms with Crippen LogP contribution in [0.5, 0.6) is 0 Å². The highest BCUT2D eigenvalue weighted by Gasteiger charge is 2.49. The summed E-state index contributed by atoms with van der Waals surface area (Å²) in [7, 11) is 1.76. The summed E-state index contributed by atoms with van der Waals surface area (Å²) >= 11 is 0. The fourth-order valence-corrected chi connectivity index (χ4v) is 2.89. The fraction of sp³-hybridized carbons (Fsp3) is 1.00. The second-order valence-corrected chi connectivity index (χ2v) is 4.47. The standard InChI is InChI=1S/C11H21NO/c1-13-7-6-12-8-11-9-4-2-3-5-10(9)11/h9-12H,2-8H2,1H3. The van der Waals surface area contributed by atoms with E-state index in [2.05, 4.69) is 5.32 Å². The third-order valence-corrected chi connectivity index (χ3v) is 3.70. The maximum atomic E-state index is 5.00. The Hall–Kier alpha value is -0.0800. The molecule has 0 spiro atoms. The van der Waals surface area contributed by atoms with Crippen molar-refractivity contribution in [2.75, 3.05) is 26.8 Å². The first kappa shape index (κ1) is 9.47. The molecule has 0 amide bonds. The van der Waals surface area contributed by atoms with E-state index in [1.165, 1.54) is 32.2 Å². The zero-order valence-corrected chi connectivity index (χ0v) is 8.59. The summed E-state index contributed by atoms with van der Waals surface area (Å²) in [6, 6.07) is 0. The molecule has 1 N–H and O–H groups in total. The molecule has 76 valence electrons. The van der Waals surface area contributed by atoms with Crippen LogP contribution in [0.25, 0.3) is 0 Å². The van der Waals surface area contributed by atoms with Gasteiger partial charge in [-0.1, -0.05) is 12.8 Å². The zero-order valence-electron chi connectivity index (χ0n) is 8.59. The summed E-state index contributed by atoms with van der Waals surface area (Å²) in [6.45, 7) is 3.10. The third-order valence-electron chi connectivity index (χ3n) is 3.70. The normalized spacial score (nSPS) is 37.2. The predicted molar refractivity (Wildman–Crippen MR) is 53.7 cm³/mol. The van der Waals surface area contributed by atoms with Gasteiger partial charge in [0.1, 0.15) is 0 Å². The van der Waals surface area contributed by atoms with Crippen LogP contribution in [0.3, 0.4) is 0 Å². The molecule has 2 aliphatic carbocycles. The van der Waals surface area contributed by atoms with E-state index >= 15 is 0 Å². The van der Waals surface area contributed by atoms with E-state index in [1.807, 2.05) is 0 Å². The number of rotatable bonds is 5. The second kappa shape index (κ2) is 4.43. The van der Waals surface area contributed by atoms with Gasteiger partial charge in [-0.2, -0.15) is 0 Å². The summed E-state index contributed by atoms with van der Waals surface area (Å²) in [4.78, 5) is 0. The van der Waals surface area contributed by atoms with E-state index in [1.54, 1.807) is 7.11 Å². The lowest BCUT2D eigenvalue weighted by Crippen LogP contribution is -2.22. The van der Waals surface area contributed by atoms with Gasteiger partial charge in [-0.25, -0.2) is 0 Å². The first-order valence-corrected chi connectivity index (χ1v) is 5.63. The molecule has 2 aliphatic rings. The number of ether oxygens (including phenoxy) is 1. The molecule has 0 radical (unpaired) electrons. The Balaban J connectivity index is 1.57. The maximum Gasteiger partial charge on any atom is 0.0587 e. The van der Waals surface area contributed by atoms with Crippen LogP contribution in [0, 0.1) is 17.8 Å². The van der Waals surface area contributed by atoms with E-state index in [0.717, 1.165) is 30.9 Å². The highest BCUT2D eigenvalue weighted by molar-refractivity contribution is 4.99. The molecule has 0 aliphatic heterocycles. The molecule has 2 heteroatoms. The van der Waals surface area contributed by atoms with E-state index in [4.69, 9.17) is 4.74 Å². The van der Waals surface area contributed by atoms with E-state index < -0.39 is 0 Å². The van der Waals surface area contributed by atoms with Gasteiger partial charge in [0.2, 0.25) is 0 Å². The molecule has 0 bridgehead atoms. The van der Waals surface area contributed by atoms with Crippen molar-refractivity contribution in [3.63, 3.8) is 0 Å². The first-order chi connectivity index (χ1) is 6.43. The van der Waals surface area contributed by atoms with Gasteiger partial charge in [0, 0.05) is 13.7 Å². The smallest absolute Gasteiger partial charge is 0.0587 e. The molecule has 0 saturated heterocycles. The zero-order chi connectivity index (χ0) is 9.10. The van der Waals surface area contributed by atoms with Crippen molar-refractivity contribution in [1.82, 2.24) is 5.32 Å². The summed E-state index contributed by atoms with van der Waals surface area (Å²) < 4.78 is 5.00. The highest BCUT2D eigenvalue weighted by Crippen LogP contribution is 2.54. The first-order valence-electron chi connectivity index (χ1n) is 5.63. The van der Waals surface area contributed by atoms with Crippen molar-refractivity contribution in [2.45, 2.75) is 25.7 Å². The van der Waals surface area contributed by atoms with E-state index in [9.17, 15) is 0 Å². The molecule has 2 rings (SSSR count). The molecule has 2 saturated carbocycles. The number of fused-ring (bicyclic) bond motifs is 1. The molecule has 2 unspecified atom stereocenters. The van der Waals surface area contributed by atoms with Crippen LogP contribution in [-0.2, 0) is 4.74 Å². The summed E-state index contributed by atoms with van der Waals surface area (Å²) in [5, 5.41) is 3.48. The van der Waals surface area contributed by atoms with Crippen LogP contribution in [0.15, 0.2) is 0 Å². The van der Waals surface area contributed by atoms with Gasteiger partial charge in [-0.05, 0) is 37.1 Å². The lowest BCUT2D eigenvalue weighted by molar-refractivity contribution is 0.199. The number of hydrogen-bond donors (Lipinski definition) is 1. The van der Waals surface area contributed by atoms with Crippen LogP contribution in [-0.4, -0.2) is 26.8 Å². The highest BCUT2D eigenvalue weighted by atomic mass is 16.5. The summed E-state index contributed by atoms with van der Waals surface area (Å²) in [5.74, 6) is 3.19. The minimum absolute atomic E-state index is 0.849. The SMILES string of the molecule is COCCNCC1C2CCCCC21. The van der Waals surface area contributed by atoms with Crippen molar-refractivity contribution >= 4 is 0 Å². The lowest BCUT2D eigenvalue weighted by Gasteiger charge is -2.04. The van der Waals surface area contributed by atoms with Crippen molar-refractivity contribution in [3.8, 4) is 0 Å². The Morgan fingerprint density at radius 1 is 1.23 bits per heavy atom. The Bertz CT molecular complexity index is 148. The van der Waals surface area contributed by atoms with Crippen LogP contribution in [0.2, 0.25) is 0 Å². The largest absolute Gasteiger partial charge is 0.383 e. The van der Waals surface area contributed by atoms with E-state index in [-0.39, 0.29) is 0 Å². The molecule has 13 heavy (non-hydrogen) atoms. The molecule has 0 heterocycles. The van der Waals surface area contributed by atoms with Crippen molar-refractivity contribution < 1.29 is 4.74 Å². The summed E-state index contributed by atoms with van der Waals surface area (Å²) in [6.07, 6.45) is 5.97. The Labute approximate surface area is 81.0 Å². The Morgan fingerprint density at radius 3 is 2.54 bits per heavy atom. The van der Waals surface area contributed by atoms with Crippen molar-refractivity contribution in [2.24, 2.45) is 17.8 Å². The molecule has 0 aromatic heterocycles. The van der Waals surface area contributed by atoms with Gasteiger partial charge in [-0.15, -0.1) is 0 Å². The Kier molecular flexibility index (Phi) is 3.23. The Morgan fingerprint density at radius 2 is 1.92 bits per heavy atom. The average molecular weight is 183 g/mol.